The predicted octanol–water partition coefficient (Wildman–Crippen LogP) is 4.04. The van der Waals surface area contributed by atoms with Gasteiger partial charge < -0.3 is 15.4 Å². The number of ether oxygens (including phenoxy) is 1. The van der Waals surface area contributed by atoms with Crippen LogP contribution >= 0.6 is 11.6 Å². The summed E-state index contributed by atoms with van der Waals surface area (Å²) in [6.07, 6.45) is 2.67. The van der Waals surface area contributed by atoms with Gasteiger partial charge in [-0.2, -0.15) is 10.1 Å². The normalized spacial score (nSPS) is 10.7. The molecule has 0 aliphatic carbocycles. The lowest BCUT2D eigenvalue weighted by atomic mass is 10.1. The lowest BCUT2D eigenvalue weighted by Gasteiger charge is -2.12. The van der Waals surface area contributed by atoms with E-state index in [4.69, 9.17) is 16.3 Å². The number of halogens is 1. The van der Waals surface area contributed by atoms with E-state index in [1.165, 1.54) is 0 Å². The van der Waals surface area contributed by atoms with E-state index in [0.29, 0.717) is 28.5 Å². The lowest BCUT2D eigenvalue weighted by Crippen LogP contribution is -2.08. The second-order valence-electron chi connectivity index (χ2n) is 5.70. The summed E-state index contributed by atoms with van der Waals surface area (Å²) in [6, 6.07) is 3.65. The zero-order valence-electron chi connectivity index (χ0n) is 13.9. The summed E-state index contributed by atoms with van der Waals surface area (Å²) in [6.45, 7) is 7.14. The van der Waals surface area contributed by atoms with E-state index < -0.39 is 0 Å². The van der Waals surface area contributed by atoms with Crippen LogP contribution in [0.15, 0.2) is 18.3 Å². The molecule has 0 radical (unpaired) electrons. The minimum absolute atomic E-state index is 0.402. The highest BCUT2D eigenvalue weighted by Crippen LogP contribution is 2.32. The summed E-state index contributed by atoms with van der Waals surface area (Å²) in [7, 11) is 1.59. The molecule has 0 aliphatic rings. The molecule has 124 valence electrons. The fourth-order valence-electron chi connectivity index (χ4n) is 1.98. The third-order valence-electron chi connectivity index (χ3n) is 3.31. The van der Waals surface area contributed by atoms with E-state index in [2.05, 4.69) is 39.7 Å². The Morgan fingerprint density at radius 2 is 2.09 bits per heavy atom. The van der Waals surface area contributed by atoms with Gasteiger partial charge in [0.15, 0.2) is 5.82 Å². The molecule has 2 aromatic rings. The second kappa shape index (κ2) is 7.97. The molecule has 2 N–H and O–H groups in total. The number of aryl methyl sites for hydroxylation is 1. The number of hydrogen-bond donors (Lipinski definition) is 2. The van der Waals surface area contributed by atoms with Crippen molar-refractivity contribution in [2.24, 2.45) is 5.92 Å². The standard InChI is InChI=1S/C16H22ClN5O/c1-10(2)5-6-18-15-9-19-22-16(21-15)20-13-7-11(3)12(17)8-14(13)23-4/h7-10H,5-6H2,1-4H3,(H2,18,20,21,22). The van der Waals surface area contributed by atoms with Gasteiger partial charge in [0, 0.05) is 17.6 Å². The Bertz CT molecular complexity index is 663. The minimum atomic E-state index is 0.402. The van der Waals surface area contributed by atoms with Crippen LogP contribution in [-0.2, 0) is 0 Å². The maximum Gasteiger partial charge on any atom is 0.249 e. The van der Waals surface area contributed by atoms with E-state index in [0.717, 1.165) is 24.2 Å². The van der Waals surface area contributed by atoms with Gasteiger partial charge in [-0.3, -0.25) is 0 Å². The molecule has 0 amide bonds. The Balaban J connectivity index is 2.13. The van der Waals surface area contributed by atoms with Gasteiger partial charge in [-0.15, -0.1) is 5.10 Å². The minimum Gasteiger partial charge on any atom is -0.495 e. The van der Waals surface area contributed by atoms with Crippen molar-refractivity contribution < 1.29 is 4.74 Å². The maximum absolute atomic E-state index is 6.11. The average Bonchev–Trinajstić information content (AvgIpc) is 2.51. The van der Waals surface area contributed by atoms with Gasteiger partial charge >= 0.3 is 0 Å². The SMILES string of the molecule is COc1cc(Cl)c(C)cc1Nc1nncc(NCCC(C)C)n1. The molecule has 7 heteroatoms. The van der Waals surface area contributed by atoms with Gasteiger partial charge in [-0.05, 0) is 30.9 Å². The van der Waals surface area contributed by atoms with Crippen LogP contribution in [0.2, 0.25) is 5.02 Å². The maximum atomic E-state index is 6.11. The van der Waals surface area contributed by atoms with Crippen LogP contribution in [0.4, 0.5) is 17.5 Å². The molecular formula is C16H22ClN5O. The summed E-state index contributed by atoms with van der Waals surface area (Å²) < 4.78 is 5.34. The molecule has 0 atom stereocenters. The summed E-state index contributed by atoms with van der Waals surface area (Å²) in [4.78, 5) is 4.41. The molecule has 0 saturated heterocycles. The Hall–Kier alpha value is -2.08. The quantitative estimate of drug-likeness (QED) is 0.795. The molecule has 0 bridgehead atoms. The molecular weight excluding hydrogens is 314 g/mol. The van der Waals surface area contributed by atoms with Crippen LogP contribution in [-0.4, -0.2) is 28.8 Å². The fourth-order valence-corrected chi connectivity index (χ4v) is 2.13. The summed E-state index contributed by atoms with van der Waals surface area (Å²) in [5, 5.41) is 15.0. The first-order chi connectivity index (χ1) is 11.0. The number of rotatable bonds is 7. The van der Waals surface area contributed by atoms with E-state index >= 15 is 0 Å². The molecule has 23 heavy (non-hydrogen) atoms. The highest BCUT2D eigenvalue weighted by molar-refractivity contribution is 6.31. The van der Waals surface area contributed by atoms with Crippen LogP contribution in [0, 0.1) is 12.8 Å². The van der Waals surface area contributed by atoms with Crippen molar-refractivity contribution in [3.63, 3.8) is 0 Å². The molecule has 0 aliphatic heterocycles. The second-order valence-corrected chi connectivity index (χ2v) is 6.11. The largest absolute Gasteiger partial charge is 0.495 e. The number of anilines is 3. The molecule has 1 aromatic carbocycles. The molecule has 1 aromatic heterocycles. The smallest absolute Gasteiger partial charge is 0.249 e. The number of nitrogens with zero attached hydrogens (tertiary/aromatic N) is 3. The van der Waals surface area contributed by atoms with E-state index in [1.807, 2.05) is 13.0 Å². The number of aromatic nitrogens is 3. The monoisotopic (exact) mass is 335 g/mol. The molecule has 0 spiro atoms. The Labute approximate surface area is 141 Å². The van der Waals surface area contributed by atoms with Crippen LogP contribution in [0.5, 0.6) is 5.75 Å². The third-order valence-corrected chi connectivity index (χ3v) is 3.72. The van der Waals surface area contributed by atoms with Crippen LogP contribution in [0.3, 0.4) is 0 Å². The molecule has 6 nitrogen and oxygen atoms in total. The van der Waals surface area contributed by atoms with Crippen molar-refractivity contribution in [1.29, 1.82) is 0 Å². The van der Waals surface area contributed by atoms with Gasteiger partial charge in [0.2, 0.25) is 5.95 Å². The van der Waals surface area contributed by atoms with Gasteiger partial charge in [0.1, 0.15) is 5.75 Å². The fraction of sp³-hybridized carbons (Fsp3) is 0.438. The van der Waals surface area contributed by atoms with E-state index in [1.54, 1.807) is 19.4 Å². The van der Waals surface area contributed by atoms with Crippen molar-refractivity contribution in [3.05, 3.63) is 28.9 Å². The number of methoxy groups -OCH3 is 1. The molecule has 0 unspecified atom stereocenters. The summed E-state index contributed by atoms with van der Waals surface area (Å²) in [5.41, 5.74) is 1.68. The van der Waals surface area contributed by atoms with Crippen molar-refractivity contribution in [2.75, 3.05) is 24.3 Å². The highest BCUT2D eigenvalue weighted by atomic mass is 35.5. The van der Waals surface area contributed by atoms with Crippen LogP contribution in [0.25, 0.3) is 0 Å². The number of benzene rings is 1. The Morgan fingerprint density at radius 1 is 1.30 bits per heavy atom. The average molecular weight is 336 g/mol. The number of hydrogen-bond acceptors (Lipinski definition) is 6. The Kier molecular flexibility index (Phi) is 5.98. The predicted molar refractivity (Wildman–Crippen MR) is 93.8 cm³/mol. The number of nitrogens with one attached hydrogen (secondary N) is 2. The van der Waals surface area contributed by atoms with Gasteiger partial charge in [-0.25, -0.2) is 0 Å². The van der Waals surface area contributed by atoms with E-state index in [9.17, 15) is 0 Å². The molecule has 0 saturated carbocycles. The first-order valence-electron chi connectivity index (χ1n) is 7.54. The van der Waals surface area contributed by atoms with Gasteiger partial charge in [-0.1, -0.05) is 25.4 Å². The third kappa shape index (κ3) is 4.96. The van der Waals surface area contributed by atoms with Crippen LogP contribution < -0.4 is 15.4 Å². The van der Waals surface area contributed by atoms with Crippen molar-refractivity contribution in [3.8, 4) is 5.75 Å². The molecule has 1 heterocycles. The van der Waals surface area contributed by atoms with Crippen molar-refractivity contribution >= 4 is 29.1 Å². The molecule has 0 fully saturated rings. The van der Waals surface area contributed by atoms with E-state index in [-0.39, 0.29) is 0 Å². The lowest BCUT2D eigenvalue weighted by molar-refractivity contribution is 0.416. The zero-order chi connectivity index (χ0) is 16.8. The molecule has 2 rings (SSSR count). The zero-order valence-corrected chi connectivity index (χ0v) is 14.6. The van der Waals surface area contributed by atoms with Crippen molar-refractivity contribution in [1.82, 2.24) is 15.2 Å². The first kappa shape index (κ1) is 17.3. The Morgan fingerprint density at radius 3 is 2.78 bits per heavy atom. The summed E-state index contributed by atoms with van der Waals surface area (Å²) >= 11 is 6.11. The van der Waals surface area contributed by atoms with Crippen LogP contribution in [0.1, 0.15) is 25.8 Å². The highest BCUT2D eigenvalue weighted by Gasteiger charge is 2.09. The van der Waals surface area contributed by atoms with Crippen molar-refractivity contribution in [2.45, 2.75) is 27.2 Å². The van der Waals surface area contributed by atoms with Gasteiger partial charge in [0.25, 0.3) is 0 Å². The summed E-state index contributed by atoms with van der Waals surface area (Å²) in [5.74, 6) is 2.35. The first-order valence-corrected chi connectivity index (χ1v) is 7.92. The topological polar surface area (TPSA) is 72.0 Å². The van der Waals surface area contributed by atoms with Gasteiger partial charge in [0.05, 0.1) is 19.0 Å².